The van der Waals surface area contributed by atoms with Crippen molar-refractivity contribution in [1.29, 1.82) is 0 Å². The van der Waals surface area contributed by atoms with Crippen LogP contribution in [0.4, 0.5) is 0 Å². The lowest BCUT2D eigenvalue weighted by Crippen LogP contribution is -2.30. The summed E-state index contributed by atoms with van der Waals surface area (Å²) in [6.07, 6.45) is 0. The second-order valence-electron chi connectivity index (χ2n) is 5.64. The molecular formula is C20H19N2O+. The summed E-state index contributed by atoms with van der Waals surface area (Å²) in [5.41, 5.74) is 2.64. The second kappa shape index (κ2) is 5.51. The fourth-order valence-corrected chi connectivity index (χ4v) is 3.21. The minimum absolute atomic E-state index is 0.820. The van der Waals surface area contributed by atoms with Crippen LogP contribution in [0.15, 0.2) is 59.0 Å². The molecule has 0 radical (unpaired) electrons. The van der Waals surface area contributed by atoms with Gasteiger partial charge in [0, 0.05) is 5.39 Å². The maximum atomic E-state index is 6.14. The molecule has 3 nitrogen and oxygen atoms in total. The van der Waals surface area contributed by atoms with Crippen LogP contribution in [0, 0.1) is 0 Å². The average molecular weight is 303 g/mol. The van der Waals surface area contributed by atoms with E-state index in [0.717, 1.165) is 41.0 Å². The molecule has 3 heteroatoms. The second-order valence-corrected chi connectivity index (χ2v) is 5.64. The van der Waals surface area contributed by atoms with Crippen molar-refractivity contribution >= 4 is 21.9 Å². The van der Waals surface area contributed by atoms with E-state index in [1.54, 1.807) is 0 Å². The molecule has 4 rings (SSSR count). The minimum atomic E-state index is 0.820. The quantitative estimate of drug-likeness (QED) is 0.319. The standard InChI is InChI=1S/C20H19N2O/c1-3-22(4-2)17-13-19-20(15-10-6-5-9-14(15)17)21-16-11-7-8-12-18(16)23-19/h5-13H,3-4H2,1-2H3/q+1. The first-order chi connectivity index (χ1) is 11.3. The van der Waals surface area contributed by atoms with E-state index in [2.05, 4.69) is 48.8 Å². The van der Waals surface area contributed by atoms with Gasteiger partial charge in [0.15, 0.2) is 11.3 Å². The van der Waals surface area contributed by atoms with Gasteiger partial charge in [-0.25, -0.2) is 9.56 Å². The van der Waals surface area contributed by atoms with Crippen molar-refractivity contribution in [3.8, 4) is 11.5 Å². The smallest absolute Gasteiger partial charge is 0.211 e. The molecule has 2 aromatic rings. The predicted octanol–water partition coefficient (Wildman–Crippen LogP) is 3.90. The number of nitrogens with zero attached hydrogens (tertiary/aromatic N) is 2. The van der Waals surface area contributed by atoms with Gasteiger partial charge in [0.25, 0.3) is 0 Å². The van der Waals surface area contributed by atoms with Gasteiger partial charge in [-0.2, -0.15) is 0 Å². The minimum Gasteiger partial charge on any atom is -0.453 e. The van der Waals surface area contributed by atoms with E-state index in [-0.39, 0.29) is 0 Å². The van der Waals surface area contributed by atoms with Crippen LogP contribution in [0.3, 0.4) is 0 Å². The van der Waals surface area contributed by atoms with Gasteiger partial charge in [0.05, 0.1) is 11.5 Å². The highest BCUT2D eigenvalue weighted by Gasteiger charge is 2.17. The Hall–Kier alpha value is -2.68. The molecular weight excluding hydrogens is 284 g/mol. The van der Waals surface area contributed by atoms with Crippen molar-refractivity contribution in [1.82, 2.24) is 9.56 Å². The summed E-state index contributed by atoms with van der Waals surface area (Å²) in [4.78, 5) is 4.85. The molecule has 1 heterocycles. The summed E-state index contributed by atoms with van der Waals surface area (Å²) in [5.74, 6) is 0.837. The van der Waals surface area contributed by atoms with Gasteiger partial charge in [0.1, 0.15) is 24.3 Å². The molecule has 0 unspecified atom stereocenters. The summed E-state index contributed by atoms with van der Waals surface area (Å²) in [6, 6.07) is 18.5. The van der Waals surface area contributed by atoms with Crippen LogP contribution < -0.4 is 9.93 Å². The SMILES string of the molecule is CC[N+](CC)=c1cc2oc3ccccc3nc-2c2ccccc12. The van der Waals surface area contributed by atoms with Crippen molar-refractivity contribution in [3.63, 3.8) is 0 Å². The van der Waals surface area contributed by atoms with Crippen molar-refractivity contribution in [3.05, 3.63) is 60.0 Å². The van der Waals surface area contributed by atoms with Crippen LogP contribution in [0.25, 0.3) is 33.3 Å². The predicted molar refractivity (Wildman–Crippen MR) is 94.5 cm³/mol. The Labute approximate surface area is 134 Å². The summed E-state index contributed by atoms with van der Waals surface area (Å²) < 4.78 is 8.50. The lowest BCUT2D eigenvalue weighted by Gasteiger charge is -2.10. The highest BCUT2D eigenvalue weighted by Crippen LogP contribution is 2.29. The Morgan fingerprint density at radius 3 is 2.39 bits per heavy atom. The molecule has 23 heavy (non-hydrogen) atoms. The first kappa shape index (κ1) is 13.9. The van der Waals surface area contributed by atoms with E-state index in [0.29, 0.717) is 0 Å². The molecule has 2 aromatic carbocycles. The van der Waals surface area contributed by atoms with E-state index in [1.165, 1.54) is 10.7 Å². The third-order valence-electron chi connectivity index (χ3n) is 4.38. The van der Waals surface area contributed by atoms with Crippen molar-refractivity contribution in [2.24, 2.45) is 0 Å². The van der Waals surface area contributed by atoms with Crippen LogP contribution in [-0.4, -0.2) is 18.1 Å². The van der Waals surface area contributed by atoms with E-state index >= 15 is 0 Å². The molecule has 0 bridgehead atoms. The number of rotatable bonds is 2. The van der Waals surface area contributed by atoms with Gasteiger partial charge in [-0.1, -0.05) is 30.3 Å². The van der Waals surface area contributed by atoms with Crippen LogP contribution in [0.2, 0.25) is 0 Å². The number of fused-ring (bicyclic) bond motifs is 4. The number of hydrogen-bond acceptors (Lipinski definition) is 2. The molecule has 0 fully saturated rings. The molecule has 2 aliphatic rings. The number of para-hydroxylation sites is 2. The third kappa shape index (κ3) is 2.20. The van der Waals surface area contributed by atoms with Gasteiger partial charge in [0.2, 0.25) is 5.36 Å². The molecule has 0 atom stereocenters. The average Bonchev–Trinajstić information content (AvgIpc) is 2.61. The molecule has 1 aliphatic heterocycles. The number of aromatic nitrogens is 1. The fourth-order valence-electron chi connectivity index (χ4n) is 3.21. The van der Waals surface area contributed by atoms with E-state index in [4.69, 9.17) is 9.40 Å². The molecule has 0 N–H and O–H groups in total. The molecule has 0 amide bonds. The van der Waals surface area contributed by atoms with Gasteiger partial charge in [-0.15, -0.1) is 0 Å². The monoisotopic (exact) mass is 303 g/mol. The molecule has 1 aliphatic carbocycles. The maximum Gasteiger partial charge on any atom is 0.211 e. The van der Waals surface area contributed by atoms with Crippen LogP contribution in [-0.2, 0) is 0 Å². The Kier molecular flexibility index (Phi) is 3.34. The Morgan fingerprint density at radius 2 is 1.61 bits per heavy atom. The van der Waals surface area contributed by atoms with Crippen LogP contribution in [0.5, 0.6) is 0 Å². The molecule has 0 saturated heterocycles. The van der Waals surface area contributed by atoms with Crippen molar-refractivity contribution in [2.75, 3.05) is 13.1 Å². The first-order valence-corrected chi connectivity index (χ1v) is 8.11. The largest absolute Gasteiger partial charge is 0.453 e. The van der Waals surface area contributed by atoms with Gasteiger partial charge < -0.3 is 4.42 Å². The molecule has 114 valence electrons. The van der Waals surface area contributed by atoms with E-state index < -0.39 is 0 Å². The van der Waals surface area contributed by atoms with Crippen molar-refractivity contribution < 1.29 is 4.42 Å². The molecule has 0 spiro atoms. The lowest BCUT2D eigenvalue weighted by molar-refractivity contribution is 0.603. The third-order valence-corrected chi connectivity index (χ3v) is 4.38. The Balaban J connectivity index is 2.26. The fraction of sp³-hybridized carbons (Fsp3) is 0.200. The zero-order valence-corrected chi connectivity index (χ0v) is 13.4. The summed E-state index contributed by atoms with van der Waals surface area (Å²) in [5, 5.41) is 3.57. The normalized spacial score (nSPS) is 11.4. The van der Waals surface area contributed by atoms with Crippen molar-refractivity contribution in [2.45, 2.75) is 13.8 Å². The molecule has 0 saturated carbocycles. The topological polar surface area (TPSA) is 29.0 Å². The number of benzene rings is 3. The van der Waals surface area contributed by atoms with Crippen LogP contribution >= 0.6 is 0 Å². The van der Waals surface area contributed by atoms with Gasteiger partial charge >= 0.3 is 0 Å². The van der Waals surface area contributed by atoms with E-state index in [9.17, 15) is 0 Å². The summed E-state index contributed by atoms with van der Waals surface area (Å²) in [6.45, 7) is 6.29. The molecule has 0 aromatic heterocycles. The summed E-state index contributed by atoms with van der Waals surface area (Å²) >= 11 is 0. The van der Waals surface area contributed by atoms with Crippen LogP contribution in [0.1, 0.15) is 13.8 Å². The van der Waals surface area contributed by atoms with E-state index in [1.807, 2.05) is 24.3 Å². The lowest BCUT2D eigenvalue weighted by atomic mass is 10.0. The number of hydrogen-bond donors (Lipinski definition) is 0. The Bertz CT molecular complexity index is 1040. The Morgan fingerprint density at radius 1 is 0.913 bits per heavy atom. The maximum absolute atomic E-state index is 6.14. The summed E-state index contributed by atoms with van der Waals surface area (Å²) in [7, 11) is 0. The van der Waals surface area contributed by atoms with Gasteiger partial charge in [-0.05, 0) is 32.0 Å². The zero-order chi connectivity index (χ0) is 15.8. The highest BCUT2D eigenvalue weighted by atomic mass is 16.3. The highest BCUT2D eigenvalue weighted by molar-refractivity contribution is 5.96. The van der Waals surface area contributed by atoms with Gasteiger partial charge in [-0.3, -0.25) is 0 Å². The first-order valence-electron chi connectivity index (χ1n) is 8.11. The zero-order valence-electron chi connectivity index (χ0n) is 13.4.